The van der Waals surface area contributed by atoms with E-state index in [0.717, 1.165) is 5.56 Å². The summed E-state index contributed by atoms with van der Waals surface area (Å²) in [6, 6.07) is 12.1. The number of rotatable bonds is 8. The fourth-order valence-electron chi connectivity index (χ4n) is 2.17. The molecule has 0 aromatic heterocycles. The van der Waals surface area contributed by atoms with Crippen LogP contribution in [0.1, 0.15) is 19.4 Å². The molecule has 0 spiro atoms. The molecule has 2 rings (SSSR count). The van der Waals surface area contributed by atoms with Crippen molar-refractivity contribution >= 4 is 23.4 Å². The number of aryl methyl sites for hydroxylation is 1. The van der Waals surface area contributed by atoms with Crippen molar-refractivity contribution in [3.05, 3.63) is 53.1 Å². The second-order valence-corrected chi connectivity index (χ2v) is 6.33. The van der Waals surface area contributed by atoms with E-state index in [1.807, 2.05) is 19.9 Å². The highest BCUT2D eigenvalue weighted by Gasteiger charge is 2.16. The molecule has 28 heavy (non-hydrogen) atoms. The van der Waals surface area contributed by atoms with Gasteiger partial charge in [-0.3, -0.25) is 20.4 Å². The summed E-state index contributed by atoms with van der Waals surface area (Å²) in [5.41, 5.74) is 5.52. The topological polar surface area (TPSA) is 85.9 Å². The van der Waals surface area contributed by atoms with Gasteiger partial charge in [0.1, 0.15) is 17.2 Å². The highest BCUT2D eigenvalue weighted by molar-refractivity contribution is 6.32. The lowest BCUT2D eigenvalue weighted by atomic mass is 10.2. The molecule has 0 bridgehead atoms. The molecule has 0 fully saturated rings. The minimum Gasteiger partial charge on any atom is -0.494 e. The van der Waals surface area contributed by atoms with Crippen molar-refractivity contribution in [2.24, 2.45) is 0 Å². The molecule has 7 nitrogen and oxygen atoms in total. The van der Waals surface area contributed by atoms with Crippen molar-refractivity contribution < 1.29 is 23.8 Å². The monoisotopic (exact) mass is 406 g/mol. The van der Waals surface area contributed by atoms with Gasteiger partial charge in [0, 0.05) is 0 Å². The third kappa shape index (κ3) is 6.66. The first kappa shape index (κ1) is 21.4. The van der Waals surface area contributed by atoms with Crippen molar-refractivity contribution in [3.63, 3.8) is 0 Å². The third-order valence-electron chi connectivity index (χ3n) is 3.59. The SMILES string of the molecule is CCOc1ccc(O[C@H](C)C(=O)NNC(=O)COc2cc(C)ccc2Cl)cc1. The number of halogens is 1. The number of carbonyl (C=O) groups excluding carboxylic acids is 2. The Kier molecular flexibility index (Phi) is 7.95. The number of carbonyl (C=O) groups is 2. The van der Waals surface area contributed by atoms with Crippen molar-refractivity contribution in [1.29, 1.82) is 0 Å². The molecule has 2 N–H and O–H groups in total. The fraction of sp³-hybridized carbons (Fsp3) is 0.300. The van der Waals surface area contributed by atoms with Gasteiger partial charge in [0.05, 0.1) is 11.6 Å². The maximum atomic E-state index is 12.1. The molecule has 0 saturated carbocycles. The van der Waals surface area contributed by atoms with Crippen LogP contribution >= 0.6 is 11.6 Å². The summed E-state index contributed by atoms with van der Waals surface area (Å²) in [4.78, 5) is 23.9. The third-order valence-corrected chi connectivity index (χ3v) is 3.90. The molecule has 8 heteroatoms. The standard InChI is InChI=1S/C20H23ClN2O5/c1-4-26-15-6-8-16(9-7-15)28-14(3)20(25)23-22-19(24)12-27-18-11-13(2)5-10-17(18)21/h5-11,14H,4,12H2,1-3H3,(H,22,24)(H,23,25)/t14-/m1/s1. The fourth-order valence-corrected chi connectivity index (χ4v) is 2.34. The van der Waals surface area contributed by atoms with Crippen LogP contribution in [0.4, 0.5) is 0 Å². The zero-order valence-corrected chi connectivity index (χ0v) is 16.7. The van der Waals surface area contributed by atoms with Gasteiger partial charge in [0.15, 0.2) is 12.7 Å². The van der Waals surface area contributed by atoms with E-state index in [0.29, 0.717) is 28.9 Å². The molecule has 0 radical (unpaired) electrons. The molecule has 0 saturated heterocycles. The minimum absolute atomic E-state index is 0.294. The van der Waals surface area contributed by atoms with Gasteiger partial charge in [0.25, 0.3) is 11.8 Å². The molecular formula is C20H23ClN2O5. The van der Waals surface area contributed by atoms with Gasteiger partial charge in [-0.1, -0.05) is 17.7 Å². The van der Waals surface area contributed by atoms with Crippen LogP contribution in [0.3, 0.4) is 0 Å². The Morgan fingerprint density at radius 2 is 1.71 bits per heavy atom. The van der Waals surface area contributed by atoms with Crippen LogP contribution in [0.25, 0.3) is 0 Å². The smallest absolute Gasteiger partial charge is 0.279 e. The summed E-state index contributed by atoms with van der Waals surface area (Å²) in [5, 5.41) is 0.403. The summed E-state index contributed by atoms with van der Waals surface area (Å²) in [7, 11) is 0. The van der Waals surface area contributed by atoms with Gasteiger partial charge < -0.3 is 14.2 Å². The number of benzene rings is 2. The number of hydrazine groups is 1. The van der Waals surface area contributed by atoms with Gasteiger partial charge in [-0.2, -0.15) is 0 Å². The molecule has 0 aliphatic rings. The Morgan fingerprint density at radius 3 is 2.39 bits per heavy atom. The van der Waals surface area contributed by atoms with E-state index in [1.54, 1.807) is 43.3 Å². The molecule has 1 atom stereocenters. The van der Waals surface area contributed by atoms with Crippen LogP contribution in [-0.4, -0.2) is 31.1 Å². The van der Waals surface area contributed by atoms with E-state index in [1.165, 1.54) is 0 Å². The molecule has 0 aliphatic heterocycles. The number of nitrogens with one attached hydrogen (secondary N) is 2. The van der Waals surface area contributed by atoms with Crippen LogP contribution in [0, 0.1) is 6.92 Å². The average molecular weight is 407 g/mol. The molecule has 150 valence electrons. The summed E-state index contributed by atoms with van der Waals surface area (Å²) in [5.74, 6) is 0.591. The lowest BCUT2D eigenvalue weighted by Gasteiger charge is -2.15. The van der Waals surface area contributed by atoms with Crippen molar-refractivity contribution in [2.75, 3.05) is 13.2 Å². The highest BCUT2D eigenvalue weighted by Crippen LogP contribution is 2.25. The first-order chi connectivity index (χ1) is 13.4. The number of ether oxygens (including phenoxy) is 3. The summed E-state index contributed by atoms with van der Waals surface area (Å²) >= 11 is 6.00. The normalized spacial score (nSPS) is 11.3. The Balaban J connectivity index is 1.75. The van der Waals surface area contributed by atoms with E-state index in [9.17, 15) is 9.59 Å². The second-order valence-electron chi connectivity index (χ2n) is 5.92. The lowest BCUT2D eigenvalue weighted by Crippen LogP contribution is -2.48. The zero-order chi connectivity index (χ0) is 20.5. The van der Waals surface area contributed by atoms with Crippen LogP contribution < -0.4 is 25.1 Å². The van der Waals surface area contributed by atoms with Crippen LogP contribution in [0.15, 0.2) is 42.5 Å². The van der Waals surface area contributed by atoms with Crippen molar-refractivity contribution in [2.45, 2.75) is 26.9 Å². The summed E-state index contributed by atoms with van der Waals surface area (Å²) in [6.45, 7) is 5.62. The average Bonchev–Trinajstić information content (AvgIpc) is 2.68. The van der Waals surface area contributed by atoms with E-state index >= 15 is 0 Å². The first-order valence-corrected chi connectivity index (χ1v) is 9.14. The predicted molar refractivity (Wildman–Crippen MR) is 106 cm³/mol. The van der Waals surface area contributed by atoms with Crippen LogP contribution in [0.2, 0.25) is 5.02 Å². The van der Waals surface area contributed by atoms with Gasteiger partial charge in [0.2, 0.25) is 0 Å². The number of amides is 2. The maximum Gasteiger partial charge on any atom is 0.279 e. The summed E-state index contributed by atoms with van der Waals surface area (Å²) in [6.07, 6.45) is -0.814. The van der Waals surface area contributed by atoms with Gasteiger partial charge >= 0.3 is 0 Å². The Hall–Kier alpha value is -2.93. The minimum atomic E-state index is -0.814. The highest BCUT2D eigenvalue weighted by atomic mass is 35.5. The molecule has 2 aromatic carbocycles. The Bertz CT molecular complexity index is 811. The Labute approximate surface area is 168 Å². The molecule has 0 heterocycles. The van der Waals surface area contributed by atoms with Gasteiger partial charge in [-0.05, 0) is 62.7 Å². The van der Waals surface area contributed by atoms with Crippen molar-refractivity contribution in [1.82, 2.24) is 10.9 Å². The van der Waals surface area contributed by atoms with Crippen LogP contribution in [-0.2, 0) is 9.59 Å². The predicted octanol–water partition coefficient (Wildman–Crippen LogP) is 3.04. The van der Waals surface area contributed by atoms with E-state index in [-0.39, 0.29) is 6.61 Å². The van der Waals surface area contributed by atoms with Crippen LogP contribution in [0.5, 0.6) is 17.2 Å². The van der Waals surface area contributed by atoms with Gasteiger partial charge in [-0.15, -0.1) is 0 Å². The number of hydrogen-bond donors (Lipinski definition) is 2. The molecule has 0 aliphatic carbocycles. The maximum absolute atomic E-state index is 12.1. The molecule has 0 unspecified atom stereocenters. The van der Waals surface area contributed by atoms with E-state index in [4.69, 9.17) is 25.8 Å². The zero-order valence-electron chi connectivity index (χ0n) is 16.0. The Morgan fingerprint density at radius 1 is 1.04 bits per heavy atom. The second kappa shape index (κ2) is 10.4. The van der Waals surface area contributed by atoms with E-state index in [2.05, 4.69) is 10.9 Å². The quantitative estimate of drug-likeness (QED) is 0.658. The summed E-state index contributed by atoms with van der Waals surface area (Å²) < 4.78 is 16.2. The molecule has 2 aromatic rings. The lowest BCUT2D eigenvalue weighted by molar-refractivity contribution is -0.133. The van der Waals surface area contributed by atoms with Gasteiger partial charge in [-0.25, -0.2) is 0 Å². The first-order valence-electron chi connectivity index (χ1n) is 8.76. The number of hydrogen-bond acceptors (Lipinski definition) is 5. The molecule has 2 amide bonds. The van der Waals surface area contributed by atoms with Crippen molar-refractivity contribution in [3.8, 4) is 17.2 Å². The largest absolute Gasteiger partial charge is 0.494 e. The molecular weight excluding hydrogens is 384 g/mol. The van der Waals surface area contributed by atoms with E-state index < -0.39 is 17.9 Å².